The van der Waals surface area contributed by atoms with E-state index in [9.17, 15) is 23.2 Å². The van der Waals surface area contributed by atoms with Crippen LogP contribution in [0.15, 0.2) is 72.9 Å². The Labute approximate surface area is 203 Å². The zero-order valence-electron chi connectivity index (χ0n) is 18.6. The summed E-state index contributed by atoms with van der Waals surface area (Å²) in [5.74, 6) is -3.08. The highest BCUT2D eigenvalue weighted by Crippen LogP contribution is 2.25. The number of amides is 3. The molecule has 0 spiro atoms. The van der Waals surface area contributed by atoms with Gasteiger partial charge in [0.1, 0.15) is 18.2 Å². The zero-order chi connectivity index (χ0) is 25.8. The summed E-state index contributed by atoms with van der Waals surface area (Å²) in [4.78, 5) is 35.0. The minimum Gasteiger partial charge on any atom is -0.457 e. The predicted octanol–water partition coefficient (Wildman–Crippen LogP) is 3.76. The summed E-state index contributed by atoms with van der Waals surface area (Å²) in [7, 11) is 0. The summed E-state index contributed by atoms with van der Waals surface area (Å²) in [6.45, 7) is -0.324. The van der Waals surface area contributed by atoms with Gasteiger partial charge in [-0.2, -0.15) is 5.10 Å². The van der Waals surface area contributed by atoms with E-state index in [0.717, 1.165) is 0 Å². The third kappa shape index (κ3) is 5.20. The number of benzene rings is 3. The van der Waals surface area contributed by atoms with Crippen LogP contribution in [0.3, 0.4) is 0 Å². The first kappa shape index (κ1) is 24.1. The second kappa shape index (κ2) is 10.1. The van der Waals surface area contributed by atoms with Crippen LogP contribution in [0.5, 0.6) is 0 Å². The van der Waals surface area contributed by atoms with Crippen molar-refractivity contribution >= 4 is 23.6 Å². The van der Waals surface area contributed by atoms with Crippen molar-refractivity contribution in [2.75, 3.05) is 5.32 Å². The molecule has 0 bridgehead atoms. The van der Waals surface area contributed by atoms with Crippen molar-refractivity contribution in [2.45, 2.75) is 6.61 Å². The topological polar surface area (TPSA) is 142 Å². The molecule has 5 N–H and O–H groups in total. The molecular formula is C25H19F2N5O4. The van der Waals surface area contributed by atoms with Crippen molar-refractivity contribution in [1.29, 1.82) is 0 Å². The number of hydrogen-bond acceptors (Lipinski definition) is 5. The number of nitrogens with two attached hydrogens (primary N) is 2. The Hall–Kier alpha value is -5.06. The van der Waals surface area contributed by atoms with Crippen molar-refractivity contribution in [3.63, 3.8) is 0 Å². The highest BCUT2D eigenvalue weighted by atomic mass is 19.1. The lowest BCUT2D eigenvalue weighted by molar-refractivity contribution is 0.0463. The second-order valence-electron chi connectivity index (χ2n) is 7.60. The van der Waals surface area contributed by atoms with Gasteiger partial charge in [-0.1, -0.05) is 36.4 Å². The summed E-state index contributed by atoms with van der Waals surface area (Å²) in [5.41, 5.74) is 11.8. The smallest absolute Gasteiger partial charge is 0.341 e. The molecule has 0 saturated carbocycles. The second-order valence-corrected chi connectivity index (χ2v) is 7.60. The lowest BCUT2D eigenvalue weighted by Gasteiger charge is -2.09. The number of anilines is 1. The fourth-order valence-corrected chi connectivity index (χ4v) is 3.42. The lowest BCUT2D eigenvalue weighted by atomic mass is 10.0. The molecule has 9 nitrogen and oxygen atoms in total. The molecule has 1 heterocycles. The molecule has 4 rings (SSSR count). The van der Waals surface area contributed by atoms with E-state index in [0.29, 0.717) is 16.8 Å². The van der Waals surface area contributed by atoms with E-state index in [-0.39, 0.29) is 29.1 Å². The van der Waals surface area contributed by atoms with E-state index in [2.05, 4.69) is 10.4 Å². The minimum atomic E-state index is -0.915. The van der Waals surface area contributed by atoms with Gasteiger partial charge in [0, 0.05) is 5.56 Å². The number of nitrogens with one attached hydrogen (secondary N) is 1. The van der Waals surface area contributed by atoms with Crippen LogP contribution in [-0.4, -0.2) is 27.7 Å². The van der Waals surface area contributed by atoms with Gasteiger partial charge in [-0.05, 0) is 41.5 Å². The number of hydrogen-bond donors (Lipinski definition) is 3. The van der Waals surface area contributed by atoms with Gasteiger partial charge in [-0.15, -0.1) is 0 Å². The fourth-order valence-electron chi connectivity index (χ4n) is 3.42. The number of halogens is 2. The summed E-state index contributed by atoms with van der Waals surface area (Å²) in [5, 5.41) is 6.34. The Balaban J connectivity index is 1.50. The molecule has 0 aliphatic rings. The van der Waals surface area contributed by atoms with E-state index >= 15 is 0 Å². The van der Waals surface area contributed by atoms with Crippen molar-refractivity contribution in [1.82, 2.24) is 9.78 Å². The molecule has 3 amide bonds. The highest BCUT2D eigenvalue weighted by Gasteiger charge is 2.17. The van der Waals surface area contributed by atoms with E-state index in [1.165, 1.54) is 41.2 Å². The average Bonchev–Trinajstić information content (AvgIpc) is 3.27. The maximum absolute atomic E-state index is 14.7. The number of nitrogens with zero attached hydrogens (tertiary/aromatic N) is 2. The van der Waals surface area contributed by atoms with Gasteiger partial charge in [0.25, 0.3) is 5.91 Å². The number of urea groups is 1. The number of primary amides is 2. The Morgan fingerprint density at radius 2 is 1.61 bits per heavy atom. The maximum Gasteiger partial charge on any atom is 0.341 e. The highest BCUT2D eigenvalue weighted by molar-refractivity contribution is 6.00. The quantitative estimate of drug-likeness (QED) is 0.338. The van der Waals surface area contributed by atoms with Gasteiger partial charge >= 0.3 is 12.0 Å². The molecule has 0 atom stereocenters. The lowest BCUT2D eigenvalue weighted by Crippen LogP contribution is -2.22. The molecule has 0 aliphatic carbocycles. The normalized spacial score (nSPS) is 10.6. The van der Waals surface area contributed by atoms with Crippen molar-refractivity contribution < 1.29 is 27.9 Å². The largest absolute Gasteiger partial charge is 0.457 e. The molecule has 36 heavy (non-hydrogen) atoms. The fraction of sp³-hybridized carbons (Fsp3) is 0.0400. The molecule has 11 heteroatoms. The number of esters is 1. The van der Waals surface area contributed by atoms with Crippen LogP contribution >= 0.6 is 0 Å². The van der Waals surface area contributed by atoms with Gasteiger partial charge in [0.2, 0.25) is 0 Å². The first-order valence-corrected chi connectivity index (χ1v) is 10.5. The monoisotopic (exact) mass is 491 g/mol. The molecule has 4 aromatic rings. The van der Waals surface area contributed by atoms with Crippen LogP contribution in [0.4, 0.5) is 19.3 Å². The van der Waals surface area contributed by atoms with Crippen LogP contribution in [0.25, 0.3) is 16.8 Å². The molecule has 0 fully saturated rings. The van der Waals surface area contributed by atoms with Gasteiger partial charge in [0.15, 0.2) is 5.69 Å². The van der Waals surface area contributed by atoms with Gasteiger partial charge in [0.05, 0.1) is 23.1 Å². The summed E-state index contributed by atoms with van der Waals surface area (Å²) < 4.78 is 34.7. The maximum atomic E-state index is 14.7. The minimum absolute atomic E-state index is 0.0543. The molecule has 182 valence electrons. The van der Waals surface area contributed by atoms with Crippen molar-refractivity contribution in [2.24, 2.45) is 11.5 Å². The Kier molecular flexibility index (Phi) is 6.72. The van der Waals surface area contributed by atoms with Gasteiger partial charge < -0.3 is 21.5 Å². The number of ether oxygens (including phenoxy) is 1. The van der Waals surface area contributed by atoms with E-state index in [4.69, 9.17) is 16.2 Å². The Bertz CT molecular complexity index is 1470. The third-order valence-electron chi connectivity index (χ3n) is 5.18. The zero-order valence-corrected chi connectivity index (χ0v) is 18.6. The summed E-state index contributed by atoms with van der Waals surface area (Å²) >= 11 is 0. The van der Waals surface area contributed by atoms with E-state index < -0.39 is 29.5 Å². The molecule has 1 aromatic heterocycles. The van der Waals surface area contributed by atoms with Crippen LogP contribution in [-0.2, 0) is 11.3 Å². The molecule has 0 saturated heterocycles. The molecular weight excluding hydrogens is 472 g/mol. The Morgan fingerprint density at radius 1 is 0.917 bits per heavy atom. The van der Waals surface area contributed by atoms with Crippen molar-refractivity contribution in [3.8, 4) is 16.8 Å². The molecule has 3 aromatic carbocycles. The molecule has 0 unspecified atom stereocenters. The van der Waals surface area contributed by atoms with Crippen LogP contribution in [0.2, 0.25) is 0 Å². The molecule has 0 radical (unpaired) electrons. The number of rotatable bonds is 7. The number of carbonyl (C=O) groups excluding carboxylic acids is 3. The average molecular weight is 491 g/mol. The number of aromatic nitrogens is 2. The standard InChI is InChI=1S/C25H19F2N5O4/c26-19-4-2-1-3-16(19)13-36-24(34)18-10-7-15(11-20(18)27)14-5-8-17(9-6-14)32-12-21(30-25(29)35)22(31-32)23(28)33/h1-12H,13H2,(H2,28,33)(H3,29,30,35). The van der Waals surface area contributed by atoms with Crippen LogP contribution in [0, 0.1) is 11.6 Å². The third-order valence-corrected chi connectivity index (χ3v) is 5.18. The van der Waals surface area contributed by atoms with Crippen LogP contribution < -0.4 is 16.8 Å². The first-order valence-electron chi connectivity index (χ1n) is 10.5. The van der Waals surface area contributed by atoms with Gasteiger partial charge in [-0.3, -0.25) is 4.79 Å². The van der Waals surface area contributed by atoms with E-state index in [1.54, 1.807) is 36.4 Å². The Morgan fingerprint density at radius 3 is 2.25 bits per heavy atom. The predicted molar refractivity (Wildman–Crippen MR) is 126 cm³/mol. The first-order chi connectivity index (χ1) is 17.2. The van der Waals surface area contributed by atoms with Gasteiger partial charge in [-0.25, -0.2) is 23.1 Å². The van der Waals surface area contributed by atoms with E-state index in [1.807, 2.05) is 0 Å². The SMILES string of the molecule is NC(=O)Nc1cn(-c2ccc(-c3ccc(C(=O)OCc4ccccc4F)c(F)c3)cc2)nc1C(N)=O. The molecule has 0 aliphatic heterocycles. The van der Waals surface area contributed by atoms with Crippen LogP contribution in [0.1, 0.15) is 26.4 Å². The summed E-state index contributed by atoms with van der Waals surface area (Å²) in [6, 6.07) is 15.6. The number of carbonyl (C=O) groups is 3. The summed E-state index contributed by atoms with van der Waals surface area (Å²) in [6.07, 6.45) is 1.38. The van der Waals surface area contributed by atoms with Crippen molar-refractivity contribution in [3.05, 3.63) is 101 Å².